The summed E-state index contributed by atoms with van der Waals surface area (Å²) in [6, 6.07) is 62.5. The van der Waals surface area contributed by atoms with Crippen LogP contribution in [0.15, 0.2) is 188 Å². The van der Waals surface area contributed by atoms with Gasteiger partial charge in [-0.15, -0.1) is 0 Å². The molecule has 58 heavy (non-hydrogen) atoms. The minimum atomic E-state index is -0.859. The molecule has 7 aromatic rings. The highest BCUT2D eigenvalue weighted by Gasteiger charge is 2.30. The molecule has 0 aliphatic heterocycles. The summed E-state index contributed by atoms with van der Waals surface area (Å²) >= 11 is 0. The number of hydrogen-bond donors (Lipinski definition) is 2. The quantitative estimate of drug-likeness (QED) is 0.0626. The summed E-state index contributed by atoms with van der Waals surface area (Å²) in [5, 5.41) is 11.4. The lowest BCUT2D eigenvalue weighted by atomic mass is 9.90. The van der Waals surface area contributed by atoms with Gasteiger partial charge in [0.25, 0.3) is 0 Å². The summed E-state index contributed by atoms with van der Waals surface area (Å²) in [4.78, 5) is 2.19. The Morgan fingerprint density at radius 3 is 1.34 bits per heavy atom. The Labute approximate surface area is 341 Å². The van der Waals surface area contributed by atoms with Gasteiger partial charge in [-0.2, -0.15) is 0 Å². The number of nitrogen functional groups attached to an aromatic ring is 1. The fourth-order valence-corrected chi connectivity index (χ4v) is 6.87. The molecular formula is C51H50N2O5. The zero-order valence-corrected chi connectivity index (χ0v) is 32.8. The number of anilines is 1. The van der Waals surface area contributed by atoms with Crippen molar-refractivity contribution in [3.05, 3.63) is 221 Å². The number of rotatable bonds is 19. The summed E-state index contributed by atoms with van der Waals surface area (Å²) in [5.41, 5.74) is 13.5. The van der Waals surface area contributed by atoms with E-state index in [0.29, 0.717) is 50.1 Å². The van der Waals surface area contributed by atoms with E-state index in [0.717, 1.165) is 44.9 Å². The van der Waals surface area contributed by atoms with Crippen LogP contribution in [0, 0.1) is 0 Å². The summed E-state index contributed by atoms with van der Waals surface area (Å²) in [6.07, 6.45) is -1.58. The first-order chi connectivity index (χ1) is 28.5. The van der Waals surface area contributed by atoms with Gasteiger partial charge in [0.15, 0.2) is 6.23 Å². The summed E-state index contributed by atoms with van der Waals surface area (Å²) in [5.74, 6) is 2.56. The molecule has 294 valence electrons. The van der Waals surface area contributed by atoms with Gasteiger partial charge < -0.3 is 29.8 Å². The van der Waals surface area contributed by atoms with E-state index in [1.165, 1.54) is 0 Å². The number of benzene rings is 7. The van der Waals surface area contributed by atoms with Crippen LogP contribution in [-0.2, 0) is 26.4 Å². The summed E-state index contributed by atoms with van der Waals surface area (Å²) in [6.45, 7) is 4.17. The first kappa shape index (κ1) is 39.7. The molecular weight excluding hydrogens is 721 g/mol. The van der Waals surface area contributed by atoms with Crippen LogP contribution in [0.25, 0.3) is 0 Å². The van der Waals surface area contributed by atoms with Crippen LogP contribution in [0.2, 0.25) is 0 Å². The van der Waals surface area contributed by atoms with E-state index in [9.17, 15) is 5.11 Å². The van der Waals surface area contributed by atoms with Gasteiger partial charge in [0.2, 0.25) is 0 Å². The molecule has 7 rings (SSSR count). The van der Waals surface area contributed by atoms with Gasteiger partial charge in [-0.05, 0) is 76.7 Å². The Morgan fingerprint density at radius 2 is 0.914 bits per heavy atom. The van der Waals surface area contributed by atoms with E-state index in [-0.39, 0.29) is 5.92 Å². The van der Waals surface area contributed by atoms with Crippen LogP contribution in [0.5, 0.6) is 23.0 Å². The second kappa shape index (κ2) is 20.1. The van der Waals surface area contributed by atoms with Gasteiger partial charge >= 0.3 is 0 Å². The fourth-order valence-electron chi connectivity index (χ4n) is 6.87. The van der Waals surface area contributed by atoms with Crippen LogP contribution >= 0.6 is 0 Å². The van der Waals surface area contributed by atoms with Crippen LogP contribution in [-0.4, -0.2) is 28.9 Å². The molecule has 0 aliphatic rings. The molecule has 0 fully saturated rings. The third-order valence-corrected chi connectivity index (χ3v) is 9.95. The molecule has 3 N–H and O–H groups in total. The van der Waals surface area contributed by atoms with Crippen molar-refractivity contribution < 1.29 is 24.1 Å². The molecule has 0 spiro atoms. The predicted octanol–water partition coefficient (Wildman–Crippen LogP) is 10.4. The predicted molar refractivity (Wildman–Crippen MR) is 231 cm³/mol. The SMILES string of the molecule is CC(O)C(Oc1ccc(OCc2ccccc2)c(N)c1)N(Cc1ccccc1)CC(c1ccc(OCc2ccccc2)cc1)c1ccc(OCc2ccccc2)cc1. The highest BCUT2D eigenvalue weighted by Crippen LogP contribution is 2.33. The van der Waals surface area contributed by atoms with Crippen molar-refractivity contribution in [2.45, 2.75) is 51.5 Å². The molecule has 0 saturated carbocycles. The van der Waals surface area contributed by atoms with Crippen LogP contribution in [0.1, 0.15) is 46.2 Å². The molecule has 0 radical (unpaired) electrons. The van der Waals surface area contributed by atoms with Gasteiger partial charge in [-0.1, -0.05) is 146 Å². The number of aliphatic hydroxyl groups is 1. The number of nitrogens with two attached hydrogens (primary N) is 1. The van der Waals surface area contributed by atoms with Crippen LogP contribution < -0.4 is 24.7 Å². The summed E-state index contributed by atoms with van der Waals surface area (Å²) in [7, 11) is 0. The zero-order chi connectivity index (χ0) is 39.9. The van der Waals surface area contributed by atoms with E-state index >= 15 is 0 Å². The smallest absolute Gasteiger partial charge is 0.178 e. The van der Waals surface area contributed by atoms with Gasteiger partial charge in [0.05, 0.1) is 5.69 Å². The Kier molecular flexibility index (Phi) is 13.7. The Bertz CT molecular complexity index is 2170. The lowest BCUT2D eigenvalue weighted by Crippen LogP contribution is -2.48. The molecule has 7 nitrogen and oxygen atoms in total. The van der Waals surface area contributed by atoms with Gasteiger partial charge in [-0.3, -0.25) is 4.90 Å². The van der Waals surface area contributed by atoms with Crippen molar-refractivity contribution in [3.8, 4) is 23.0 Å². The van der Waals surface area contributed by atoms with E-state index in [1.54, 1.807) is 13.0 Å². The maximum Gasteiger partial charge on any atom is 0.178 e. The molecule has 7 heteroatoms. The van der Waals surface area contributed by atoms with E-state index in [2.05, 4.69) is 65.6 Å². The average molecular weight is 771 g/mol. The number of hydrogen-bond acceptors (Lipinski definition) is 7. The van der Waals surface area contributed by atoms with Crippen molar-refractivity contribution in [2.75, 3.05) is 12.3 Å². The molecule has 0 saturated heterocycles. The Balaban J connectivity index is 1.16. The van der Waals surface area contributed by atoms with Crippen molar-refractivity contribution in [3.63, 3.8) is 0 Å². The highest BCUT2D eigenvalue weighted by atomic mass is 16.5. The largest absolute Gasteiger partial charge is 0.489 e. The molecule has 0 aromatic heterocycles. The minimum absolute atomic E-state index is 0.112. The second-order valence-electron chi connectivity index (χ2n) is 14.4. The van der Waals surface area contributed by atoms with E-state index in [1.807, 2.05) is 121 Å². The second-order valence-corrected chi connectivity index (χ2v) is 14.4. The lowest BCUT2D eigenvalue weighted by Gasteiger charge is -2.36. The maximum absolute atomic E-state index is 11.4. The fraction of sp³-hybridized carbons (Fsp3) is 0.176. The molecule has 0 heterocycles. The number of aliphatic hydroxyl groups excluding tert-OH is 1. The number of nitrogens with zero attached hydrogens (tertiary/aromatic N) is 1. The topological polar surface area (TPSA) is 86.4 Å². The lowest BCUT2D eigenvalue weighted by molar-refractivity contribution is -0.0638. The van der Waals surface area contributed by atoms with Crippen molar-refractivity contribution in [1.29, 1.82) is 0 Å². The van der Waals surface area contributed by atoms with E-state index in [4.69, 9.17) is 24.7 Å². The molecule has 0 aliphatic carbocycles. The third-order valence-electron chi connectivity index (χ3n) is 9.95. The molecule has 2 unspecified atom stereocenters. The standard InChI is InChI=1S/C51H50N2O5/c1-38(54)51(58-47-30-31-50(49(52)32-47)57-37-42-20-12-5-13-21-42)53(33-39-14-6-2-7-15-39)34-48(43-22-26-45(27-23-43)55-35-40-16-8-3-9-17-40)44-24-28-46(29-25-44)56-36-41-18-10-4-11-19-41/h2-32,38,48,51,54H,33-37,52H2,1H3. The van der Waals surface area contributed by atoms with Crippen molar-refractivity contribution in [2.24, 2.45) is 0 Å². The first-order valence-electron chi connectivity index (χ1n) is 19.7. The molecule has 0 bridgehead atoms. The Morgan fingerprint density at radius 1 is 0.500 bits per heavy atom. The van der Waals surface area contributed by atoms with Gasteiger partial charge in [0, 0.05) is 25.1 Å². The van der Waals surface area contributed by atoms with Crippen LogP contribution in [0.4, 0.5) is 5.69 Å². The van der Waals surface area contributed by atoms with Crippen molar-refractivity contribution in [1.82, 2.24) is 4.90 Å². The van der Waals surface area contributed by atoms with E-state index < -0.39 is 12.3 Å². The zero-order valence-electron chi connectivity index (χ0n) is 32.8. The molecule has 2 atom stereocenters. The monoisotopic (exact) mass is 770 g/mol. The van der Waals surface area contributed by atoms with Crippen molar-refractivity contribution >= 4 is 5.69 Å². The summed E-state index contributed by atoms with van der Waals surface area (Å²) < 4.78 is 25.0. The minimum Gasteiger partial charge on any atom is -0.489 e. The third kappa shape index (κ3) is 11.3. The average Bonchev–Trinajstić information content (AvgIpc) is 3.27. The van der Waals surface area contributed by atoms with Gasteiger partial charge in [-0.25, -0.2) is 0 Å². The maximum atomic E-state index is 11.4. The first-order valence-corrected chi connectivity index (χ1v) is 19.7. The number of ether oxygens (including phenoxy) is 4. The molecule has 0 amide bonds. The molecule has 7 aromatic carbocycles. The highest BCUT2D eigenvalue weighted by molar-refractivity contribution is 5.56. The normalized spacial score (nSPS) is 12.2. The van der Waals surface area contributed by atoms with Crippen LogP contribution in [0.3, 0.4) is 0 Å². The Hall–Kier alpha value is -6.54. The van der Waals surface area contributed by atoms with Gasteiger partial charge in [0.1, 0.15) is 48.9 Å².